The Bertz CT molecular complexity index is 759. The Labute approximate surface area is 116 Å². The second kappa shape index (κ2) is 4.56. The van der Waals surface area contributed by atoms with Crippen molar-refractivity contribution in [2.24, 2.45) is 0 Å². The highest BCUT2D eigenvalue weighted by Crippen LogP contribution is 2.32. The average Bonchev–Trinajstić information content (AvgIpc) is 2.78. The van der Waals surface area contributed by atoms with Gasteiger partial charge in [0, 0.05) is 15.9 Å². The zero-order chi connectivity index (χ0) is 13.4. The summed E-state index contributed by atoms with van der Waals surface area (Å²) < 4.78 is 0. The Morgan fingerprint density at radius 2 is 1.84 bits per heavy atom. The van der Waals surface area contributed by atoms with Crippen LogP contribution in [0.2, 0.25) is 5.02 Å². The average molecular weight is 270 g/mol. The first-order valence-electron chi connectivity index (χ1n) is 6.04. The highest BCUT2D eigenvalue weighted by molar-refractivity contribution is 6.31. The lowest BCUT2D eigenvalue weighted by atomic mass is 10.0. The summed E-state index contributed by atoms with van der Waals surface area (Å²) in [5.74, 6) is 0.0346. The van der Waals surface area contributed by atoms with E-state index in [1.807, 2.05) is 48.5 Å². The molecule has 3 rings (SSSR count). The van der Waals surface area contributed by atoms with E-state index in [1.54, 1.807) is 6.92 Å². The zero-order valence-electron chi connectivity index (χ0n) is 10.4. The van der Waals surface area contributed by atoms with Gasteiger partial charge in [-0.05, 0) is 30.7 Å². The number of rotatable bonds is 2. The minimum atomic E-state index is 0.0346. The number of carbonyl (C=O) groups is 1. The van der Waals surface area contributed by atoms with E-state index in [2.05, 4.69) is 4.98 Å². The Morgan fingerprint density at radius 3 is 2.53 bits per heavy atom. The Kier molecular flexibility index (Phi) is 2.88. The van der Waals surface area contributed by atoms with Gasteiger partial charge in [-0.1, -0.05) is 41.9 Å². The normalized spacial score (nSPS) is 10.8. The Morgan fingerprint density at radius 1 is 1.11 bits per heavy atom. The summed E-state index contributed by atoms with van der Waals surface area (Å²) in [5.41, 5.74) is 3.47. The maximum atomic E-state index is 12.0. The molecule has 1 aromatic heterocycles. The molecule has 0 amide bonds. The van der Waals surface area contributed by atoms with Gasteiger partial charge in [-0.15, -0.1) is 0 Å². The molecule has 2 nitrogen and oxygen atoms in total. The fourth-order valence-electron chi connectivity index (χ4n) is 2.35. The van der Waals surface area contributed by atoms with Crippen LogP contribution in [0.25, 0.3) is 22.2 Å². The van der Waals surface area contributed by atoms with Crippen LogP contribution in [0.15, 0.2) is 48.5 Å². The smallest absolute Gasteiger partial charge is 0.162 e. The van der Waals surface area contributed by atoms with Crippen LogP contribution in [-0.2, 0) is 0 Å². The molecule has 0 spiro atoms. The van der Waals surface area contributed by atoms with Gasteiger partial charge in [0.1, 0.15) is 0 Å². The number of fused-ring (bicyclic) bond motifs is 1. The largest absolute Gasteiger partial charge is 0.354 e. The van der Waals surface area contributed by atoms with Crippen LogP contribution in [0, 0.1) is 0 Å². The maximum Gasteiger partial charge on any atom is 0.162 e. The lowest BCUT2D eigenvalue weighted by Gasteiger charge is -2.01. The van der Waals surface area contributed by atoms with Crippen molar-refractivity contribution in [2.75, 3.05) is 0 Å². The standard InChI is InChI=1S/C16H12ClNO/c1-10(19)15-13-9-12(17)7-8-14(13)18-16(15)11-5-3-2-4-6-11/h2-9,18H,1H3. The number of H-pyrrole nitrogens is 1. The van der Waals surface area contributed by atoms with Crippen LogP contribution in [0.1, 0.15) is 17.3 Å². The van der Waals surface area contributed by atoms with Gasteiger partial charge in [0.25, 0.3) is 0 Å². The molecule has 0 unspecified atom stereocenters. The number of carbonyl (C=O) groups excluding carboxylic acids is 1. The Hall–Kier alpha value is -2.06. The molecule has 1 heterocycles. The van der Waals surface area contributed by atoms with Gasteiger partial charge in [0.05, 0.1) is 11.3 Å². The van der Waals surface area contributed by atoms with Crippen LogP contribution < -0.4 is 0 Å². The monoisotopic (exact) mass is 269 g/mol. The lowest BCUT2D eigenvalue weighted by Crippen LogP contribution is -1.93. The summed E-state index contributed by atoms with van der Waals surface area (Å²) >= 11 is 6.03. The first kappa shape index (κ1) is 12.0. The lowest BCUT2D eigenvalue weighted by molar-refractivity contribution is 0.102. The van der Waals surface area contributed by atoms with E-state index in [-0.39, 0.29) is 5.78 Å². The van der Waals surface area contributed by atoms with Crippen LogP contribution in [-0.4, -0.2) is 10.8 Å². The van der Waals surface area contributed by atoms with E-state index in [0.717, 1.165) is 22.2 Å². The first-order valence-corrected chi connectivity index (χ1v) is 6.42. The molecule has 0 saturated heterocycles. The van der Waals surface area contributed by atoms with E-state index >= 15 is 0 Å². The third kappa shape index (κ3) is 2.04. The van der Waals surface area contributed by atoms with E-state index in [0.29, 0.717) is 10.6 Å². The summed E-state index contributed by atoms with van der Waals surface area (Å²) in [7, 11) is 0. The molecule has 0 aliphatic heterocycles. The number of hydrogen-bond donors (Lipinski definition) is 1. The minimum Gasteiger partial charge on any atom is -0.354 e. The fourth-order valence-corrected chi connectivity index (χ4v) is 2.52. The molecular weight excluding hydrogens is 258 g/mol. The van der Waals surface area contributed by atoms with Gasteiger partial charge in [0.2, 0.25) is 0 Å². The Balaban J connectivity index is 2.36. The van der Waals surface area contributed by atoms with Gasteiger partial charge in [-0.25, -0.2) is 0 Å². The number of nitrogens with one attached hydrogen (secondary N) is 1. The topological polar surface area (TPSA) is 32.9 Å². The quantitative estimate of drug-likeness (QED) is 0.673. The SMILES string of the molecule is CC(=O)c1c(-c2ccccc2)[nH]c2ccc(Cl)cc12. The van der Waals surface area contributed by atoms with Gasteiger partial charge in [0.15, 0.2) is 5.78 Å². The molecule has 3 heteroatoms. The number of aromatic nitrogens is 1. The molecular formula is C16H12ClNO. The number of Topliss-reactive ketones (excluding diaryl/α,β-unsaturated/α-hetero) is 1. The molecule has 0 radical (unpaired) electrons. The molecule has 0 saturated carbocycles. The van der Waals surface area contributed by atoms with Crippen molar-refractivity contribution < 1.29 is 4.79 Å². The molecule has 0 bridgehead atoms. The van der Waals surface area contributed by atoms with Crippen molar-refractivity contribution in [3.8, 4) is 11.3 Å². The van der Waals surface area contributed by atoms with Crippen molar-refractivity contribution in [1.29, 1.82) is 0 Å². The number of benzene rings is 2. The van der Waals surface area contributed by atoms with E-state index in [1.165, 1.54) is 0 Å². The summed E-state index contributed by atoms with van der Waals surface area (Å²) in [4.78, 5) is 15.3. The molecule has 0 fully saturated rings. The number of aromatic amines is 1. The summed E-state index contributed by atoms with van der Waals surface area (Å²) in [6.07, 6.45) is 0. The second-order valence-electron chi connectivity index (χ2n) is 4.49. The molecule has 19 heavy (non-hydrogen) atoms. The molecule has 3 aromatic rings. The summed E-state index contributed by atoms with van der Waals surface area (Å²) in [6, 6.07) is 15.4. The summed E-state index contributed by atoms with van der Waals surface area (Å²) in [6.45, 7) is 1.58. The van der Waals surface area contributed by atoms with Gasteiger partial charge in [-0.3, -0.25) is 4.79 Å². The van der Waals surface area contributed by atoms with E-state index in [9.17, 15) is 4.79 Å². The molecule has 2 aromatic carbocycles. The van der Waals surface area contributed by atoms with Crippen molar-refractivity contribution in [3.05, 3.63) is 59.1 Å². The van der Waals surface area contributed by atoms with Crippen molar-refractivity contribution in [3.63, 3.8) is 0 Å². The third-order valence-electron chi connectivity index (χ3n) is 3.18. The van der Waals surface area contributed by atoms with Crippen LogP contribution in [0.4, 0.5) is 0 Å². The fraction of sp³-hybridized carbons (Fsp3) is 0.0625. The summed E-state index contributed by atoms with van der Waals surface area (Å²) in [5, 5.41) is 1.51. The molecule has 0 atom stereocenters. The third-order valence-corrected chi connectivity index (χ3v) is 3.41. The van der Waals surface area contributed by atoms with Crippen molar-refractivity contribution >= 4 is 28.3 Å². The van der Waals surface area contributed by atoms with E-state index < -0.39 is 0 Å². The number of hydrogen-bond acceptors (Lipinski definition) is 1. The van der Waals surface area contributed by atoms with Gasteiger partial charge >= 0.3 is 0 Å². The van der Waals surface area contributed by atoms with Crippen molar-refractivity contribution in [2.45, 2.75) is 6.92 Å². The predicted molar refractivity (Wildman–Crippen MR) is 78.7 cm³/mol. The first-order chi connectivity index (χ1) is 9.16. The van der Waals surface area contributed by atoms with Crippen LogP contribution >= 0.6 is 11.6 Å². The highest BCUT2D eigenvalue weighted by atomic mass is 35.5. The second-order valence-corrected chi connectivity index (χ2v) is 4.92. The molecule has 1 N–H and O–H groups in total. The maximum absolute atomic E-state index is 12.0. The predicted octanol–water partition coefficient (Wildman–Crippen LogP) is 4.69. The molecule has 0 aliphatic carbocycles. The van der Waals surface area contributed by atoms with Crippen LogP contribution in [0.3, 0.4) is 0 Å². The highest BCUT2D eigenvalue weighted by Gasteiger charge is 2.16. The number of halogens is 1. The van der Waals surface area contributed by atoms with Crippen LogP contribution in [0.5, 0.6) is 0 Å². The van der Waals surface area contributed by atoms with E-state index in [4.69, 9.17) is 11.6 Å². The van der Waals surface area contributed by atoms with Gasteiger partial charge < -0.3 is 4.98 Å². The minimum absolute atomic E-state index is 0.0346. The molecule has 94 valence electrons. The number of ketones is 1. The van der Waals surface area contributed by atoms with Gasteiger partial charge in [-0.2, -0.15) is 0 Å². The van der Waals surface area contributed by atoms with Crippen molar-refractivity contribution in [1.82, 2.24) is 4.98 Å². The zero-order valence-corrected chi connectivity index (χ0v) is 11.2. The molecule has 0 aliphatic rings.